The molecule has 0 saturated carbocycles. The van der Waals surface area contributed by atoms with Gasteiger partial charge in [-0.1, -0.05) is 6.07 Å². The summed E-state index contributed by atoms with van der Waals surface area (Å²) < 4.78 is 1.11. The number of nitrogens with one attached hydrogen (secondary N) is 2. The highest BCUT2D eigenvalue weighted by Crippen LogP contribution is 2.48. The molecule has 1 unspecified atom stereocenters. The van der Waals surface area contributed by atoms with E-state index in [1.807, 2.05) is 39.0 Å². The van der Waals surface area contributed by atoms with Crippen LogP contribution in [0.3, 0.4) is 0 Å². The zero-order chi connectivity index (χ0) is 22.8. The highest BCUT2D eigenvalue weighted by Gasteiger charge is 2.46. The average Bonchev–Trinajstić information content (AvgIpc) is 3.00. The molecule has 32 heavy (non-hydrogen) atoms. The van der Waals surface area contributed by atoms with Gasteiger partial charge in [0.2, 0.25) is 11.7 Å². The number of nitrogens with two attached hydrogens (primary N) is 1. The van der Waals surface area contributed by atoms with Gasteiger partial charge in [-0.3, -0.25) is 14.6 Å². The van der Waals surface area contributed by atoms with E-state index in [4.69, 9.17) is 5.73 Å². The Morgan fingerprint density at radius 1 is 1.16 bits per heavy atom. The van der Waals surface area contributed by atoms with Crippen LogP contribution in [0.2, 0.25) is 0 Å². The predicted molar refractivity (Wildman–Crippen MR) is 123 cm³/mol. The molecule has 8 nitrogen and oxygen atoms in total. The summed E-state index contributed by atoms with van der Waals surface area (Å²) in [4.78, 5) is 38.6. The van der Waals surface area contributed by atoms with E-state index in [-0.39, 0.29) is 11.7 Å². The van der Waals surface area contributed by atoms with Crippen LogP contribution in [0.15, 0.2) is 33.9 Å². The molecule has 3 aromatic rings. The van der Waals surface area contributed by atoms with Crippen LogP contribution >= 0.6 is 0 Å². The van der Waals surface area contributed by atoms with E-state index in [1.165, 1.54) is 16.7 Å². The van der Waals surface area contributed by atoms with Crippen LogP contribution in [-0.4, -0.2) is 20.7 Å². The Morgan fingerprint density at radius 3 is 2.59 bits per heavy atom. The normalized spacial score (nSPS) is 19.0. The van der Waals surface area contributed by atoms with Crippen molar-refractivity contribution in [2.24, 2.45) is 0 Å². The summed E-state index contributed by atoms with van der Waals surface area (Å²) in [5.41, 5.74) is 12.2. The quantitative estimate of drug-likeness (QED) is 0.587. The molecule has 0 spiro atoms. The van der Waals surface area contributed by atoms with Crippen LogP contribution in [0.1, 0.15) is 53.1 Å². The van der Waals surface area contributed by atoms with E-state index in [2.05, 4.69) is 21.5 Å². The largest absolute Gasteiger partial charge is 0.378 e. The molecule has 2 aromatic carbocycles. The van der Waals surface area contributed by atoms with Crippen LogP contribution in [0, 0.1) is 13.8 Å². The van der Waals surface area contributed by atoms with Crippen molar-refractivity contribution in [1.82, 2.24) is 14.8 Å². The fourth-order valence-electron chi connectivity index (χ4n) is 5.26. The molecule has 4 N–H and O–H groups in total. The number of amides is 1. The molecule has 164 valence electrons. The van der Waals surface area contributed by atoms with Crippen LogP contribution in [0.4, 0.5) is 11.5 Å². The number of H-pyrrole nitrogens is 1. The fourth-order valence-corrected chi connectivity index (χ4v) is 5.26. The van der Waals surface area contributed by atoms with Gasteiger partial charge < -0.3 is 11.1 Å². The van der Waals surface area contributed by atoms with Gasteiger partial charge in [0.15, 0.2) is 0 Å². The Hall–Kier alpha value is -3.68. The van der Waals surface area contributed by atoms with Crippen LogP contribution in [0.5, 0.6) is 0 Å². The average molecular weight is 431 g/mol. The molecule has 1 amide bonds. The van der Waals surface area contributed by atoms with Crippen molar-refractivity contribution in [3.05, 3.63) is 78.5 Å². The Balaban J connectivity index is 1.57. The van der Waals surface area contributed by atoms with E-state index in [9.17, 15) is 14.4 Å². The van der Waals surface area contributed by atoms with Gasteiger partial charge in [-0.2, -0.15) is 4.68 Å². The van der Waals surface area contributed by atoms with Crippen molar-refractivity contribution in [3.8, 4) is 5.69 Å². The monoisotopic (exact) mass is 431 g/mol. The Kier molecular flexibility index (Phi) is 4.37. The molecule has 1 aliphatic heterocycles. The summed E-state index contributed by atoms with van der Waals surface area (Å²) in [5.74, 6) is -0.159. The Labute approximate surface area is 184 Å². The lowest BCUT2D eigenvalue weighted by atomic mass is 9.70. The van der Waals surface area contributed by atoms with Crippen molar-refractivity contribution in [2.75, 3.05) is 11.1 Å². The maximum Gasteiger partial charge on any atom is 0.349 e. The minimum atomic E-state index is -0.693. The molecular weight excluding hydrogens is 406 g/mol. The van der Waals surface area contributed by atoms with Gasteiger partial charge in [-0.05, 0) is 98.0 Å². The maximum absolute atomic E-state index is 12.6. The van der Waals surface area contributed by atoms with Crippen molar-refractivity contribution in [2.45, 2.75) is 51.9 Å². The predicted octanol–water partition coefficient (Wildman–Crippen LogP) is 2.26. The molecular formula is C24H25N5O3. The summed E-state index contributed by atoms with van der Waals surface area (Å²) in [5, 5.41) is 6.99. The number of hydrogen-bond donors (Lipinski definition) is 3. The smallest absolute Gasteiger partial charge is 0.349 e. The number of nitrogens with zero attached hydrogens (tertiary/aromatic N) is 2. The number of benzene rings is 2. The summed E-state index contributed by atoms with van der Waals surface area (Å²) >= 11 is 0. The number of rotatable bonds is 3. The number of anilines is 2. The molecule has 2 aliphatic rings. The fraction of sp³-hybridized carbons (Fsp3) is 0.333. The number of carbonyl (C=O) groups excluding carboxylic acids is 1. The third-order valence-corrected chi connectivity index (χ3v) is 6.96. The number of nitrogen functional groups attached to an aromatic ring is 1. The van der Waals surface area contributed by atoms with Crippen LogP contribution < -0.4 is 22.3 Å². The van der Waals surface area contributed by atoms with Crippen molar-refractivity contribution >= 4 is 17.4 Å². The molecule has 1 aliphatic carbocycles. The maximum atomic E-state index is 12.6. The van der Waals surface area contributed by atoms with E-state index < -0.39 is 16.7 Å². The number of aromatic amines is 1. The second-order valence-electron chi connectivity index (χ2n) is 9.06. The topological polar surface area (TPSA) is 123 Å². The lowest BCUT2D eigenvalue weighted by molar-refractivity contribution is -0.120. The lowest BCUT2D eigenvalue weighted by Gasteiger charge is -2.31. The number of carbonyl (C=O) groups is 1. The summed E-state index contributed by atoms with van der Waals surface area (Å²) in [6, 6.07) is 7.90. The summed E-state index contributed by atoms with van der Waals surface area (Å²) in [6.07, 6.45) is 3.57. The van der Waals surface area contributed by atoms with Gasteiger partial charge in [0.05, 0.1) is 11.1 Å². The summed E-state index contributed by atoms with van der Waals surface area (Å²) in [7, 11) is 0. The van der Waals surface area contributed by atoms with Crippen molar-refractivity contribution < 1.29 is 4.79 Å². The van der Waals surface area contributed by atoms with E-state index in [1.54, 1.807) is 0 Å². The van der Waals surface area contributed by atoms with Gasteiger partial charge in [0.1, 0.15) is 0 Å². The number of hydrogen-bond acceptors (Lipinski definition) is 5. The van der Waals surface area contributed by atoms with Crippen molar-refractivity contribution in [1.29, 1.82) is 0 Å². The van der Waals surface area contributed by atoms with E-state index in [0.29, 0.717) is 5.69 Å². The first kappa shape index (κ1) is 20.2. The molecule has 0 saturated heterocycles. The molecule has 0 fully saturated rings. The first-order valence-corrected chi connectivity index (χ1v) is 10.8. The minimum Gasteiger partial charge on any atom is -0.378 e. The molecule has 8 heteroatoms. The third-order valence-electron chi connectivity index (χ3n) is 6.96. The second kappa shape index (κ2) is 6.91. The standard InChI is InChI=1S/C24H25N5O3/c1-12-9-15(29-23(32)27-21(30)20(25)28-29)10-13(2)17(12)11-14-6-7-18-19-16(14)5-4-8-24(19,3)22(31)26-18/h6-7,9-10H,4-5,8,11H2,1-3H3,(H2,25,28)(H,26,31)(H,27,30,32). The highest BCUT2D eigenvalue weighted by atomic mass is 16.2. The zero-order valence-electron chi connectivity index (χ0n) is 18.3. The second-order valence-corrected chi connectivity index (χ2v) is 9.06. The Morgan fingerprint density at radius 2 is 1.88 bits per heavy atom. The van der Waals surface area contributed by atoms with E-state index >= 15 is 0 Å². The van der Waals surface area contributed by atoms with E-state index in [0.717, 1.165) is 52.7 Å². The molecule has 5 rings (SSSR count). The highest BCUT2D eigenvalue weighted by molar-refractivity contribution is 6.06. The van der Waals surface area contributed by atoms with Gasteiger partial charge in [-0.25, -0.2) is 4.79 Å². The first-order valence-electron chi connectivity index (χ1n) is 10.8. The number of aryl methyl sites for hydroxylation is 2. The Bertz CT molecular complexity index is 1400. The van der Waals surface area contributed by atoms with Gasteiger partial charge in [0, 0.05) is 5.69 Å². The molecule has 1 atom stereocenters. The lowest BCUT2D eigenvalue weighted by Crippen LogP contribution is -2.34. The van der Waals surface area contributed by atoms with Crippen molar-refractivity contribution in [3.63, 3.8) is 0 Å². The minimum absolute atomic E-state index is 0.0976. The first-order chi connectivity index (χ1) is 15.2. The third kappa shape index (κ3) is 2.90. The van der Waals surface area contributed by atoms with Gasteiger partial charge in [0.25, 0.3) is 5.56 Å². The van der Waals surface area contributed by atoms with Gasteiger partial charge >= 0.3 is 5.69 Å². The van der Waals surface area contributed by atoms with Crippen LogP contribution in [-0.2, 0) is 23.1 Å². The molecule has 1 aromatic heterocycles. The van der Waals surface area contributed by atoms with Crippen LogP contribution in [0.25, 0.3) is 5.69 Å². The molecule has 0 bridgehead atoms. The summed E-state index contributed by atoms with van der Waals surface area (Å²) in [6.45, 7) is 6.05. The number of aromatic nitrogens is 3. The molecule has 2 heterocycles. The molecule has 0 radical (unpaired) electrons. The SMILES string of the molecule is Cc1cc(-n2nc(N)c(=O)[nH]c2=O)cc(C)c1Cc1ccc2c3c1CCCC3(C)C(=O)N2. The zero-order valence-corrected chi connectivity index (χ0v) is 18.3. The van der Waals surface area contributed by atoms with Gasteiger partial charge in [-0.15, -0.1) is 5.10 Å².